The van der Waals surface area contributed by atoms with Gasteiger partial charge in [0.15, 0.2) is 0 Å². The van der Waals surface area contributed by atoms with Crippen LogP contribution in [0.4, 0.5) is 0 Å². The highest BCUT2D eigenvalue weighted by Gasteiger charge is 2.25. The molecule has 0 saturated carbocycles. The van der Waals surface area contributed by atoms with Gasteiger partial charge in [-0.2, -0.15) is 0 Å². The summed E-state index contributed by atoms with van der Waals surface area (Å²) in [6.07, 6.45) is 1.58. The van der Waals surface area contributed by atoms with Crippen LogP contribution in [0.5, 0.6) is 0 Å². The maximum absolute atomic E-state index is 5.59. The summed E-state index contributed by atoms with van der Waals surface area (Å²) in [5, 5.41) is -0.152. The van der Waals surface area contributed by atoms with E-state index in [-0.39, 0.29) is 11.5 Å². The number of nitrogens with zero attached hydrogens (tertiary/aromatic N) is 1. The van der Waals surface area contributed by atoms with Crippen LogP contribution >= 0.6 is 28.6 Å². The van der Waals surface area contributed by atoms with Gasteiger partial charge in [-0.15, -0.1) is 12.6 Å². The standard InChI is InChI=1S/C11H10BrNOS/c1-2-9-11(15)13-10(14-9)7-3-5-8(12)6-4-7/h2-6,9,11,15H,1H2/t9-,11-/m0/s1. The van der Waals surface area contributed by atoms with E-state index < -0.39 is 0 Å². The number of aliphatic imine (C=N–C) groups is 1. The second-order valence-electron chi connectivity index (χ2n) is 3.17. The first-order valence-electron chi connectivity index (χ1n) is 4.52. The van der Waals surface area contributed by atoms with Gasteiger partial charge in [-0.1, -0.05) is 22.5 Å². The topological polar surface area (TPSA) is 21.6 Å². The lowest BCUT2D eigenvalue weighted by Gasteiger charge is -2.08. The molecule has 0 spiro atoms. The fourth-order valence-corrected chi connectivity index (χ4v) is 1.87. The maximum Gasteiger partial charge on any atom is 0.218 e. The Morgan fingerprint density at radius 1 is 1.40 bits per heavy atom. The summed E-state index contributed by atoms with van der Waals surface area (Å²) in [7, 11) is 0. The summed E-state index contributed by atoms with van der Waals surface area (Å²) >= 11 is 7.68. The van der Waals surface area contributed by atoms with Gasteiger partial charge in [0.2, 0.25) is 5.90 Å². The Labute approximate surface area is 103 Å². The molecule has 1 aliphatic rings. The van der Waals surface area contributed by atoms with Gasteiger partial charge in [-0.25, -0.2) is 4.99 Å². The van der Waals surface area contributed by atoms with Crippen molar-refractivity contribution in [2.45, 2.75) is 11.5 Å². The molecule has 78 valence electrons. The van der Waals surface area contributed by atoms with Crippen molar-refractivity contribution in [1.82, 2.24) is 0 Å². The molecule has 2 atom stereocenters. The van der Waals surface area contributed by atoms with Crippen molar-refractivity contribution in [3.8, 4) is 0 Å². The molecule has 0 radical (unpaired) electrons. The Bertz CT molecular complexity index is 402. The monoisotopic (exact) mass is 283 g/mol. The maximum atomic E-state index is 5.59. The summed E-state index contributed by atoms with van der Waals surface area (Å²) in [4.78, 5) is 4.31. The Morgan fingerprint density at radius 3 is 2.60 bits per heavy atom. The number of benzene rings is 1. The van der Waals surface area contributed by atoms with Crippen molar-refractivity contribution in [2.24, 2.45) is 4.99 Å². The van der Waals surface area contributed by atoms with Crippen molar-refractivity contribution in [2.75, 3.05) is 0 Å². The van der Waals surface area contributed by atoms with Crippen molar-refractivity contribution in [3.05, 3.63) is 47.0 Å². The second-order valence-corrected chi connectivity index (χ2v) is 4.62. The molecule has 15 heavy (non-hydrogen) atoms. The van der Waals surface area contributed by atoms with Crippen molar-refractivity contribution >= 4 is 34.5 Å². The molecule has 0 bridgehead atoms. The fraction of sp³-hybridized carbons (Fsp3) is 0.182. The van der Waals surface area contributed by atoms with E-state index in [0.29, 0.717) is 5.90 Å². The zero-order valence-corrected chi connectivity index (χ0v) is 10.4. The number of hydrogen-bond donors (Lipinski definition) is 1. The number of hydrogen-bond acceptors (Lipinski definition) is 3. The summed E-state index contributed by atoms with van der Waals surface area (Å²) < 4.78 is 6.62. The predicted octanol–water partition coefficient (Wildman–Crippen LogP) is 3.04. The van der Waals surface area contributed by atoms with E-state index in [4.69, 9.17) is 4.74 Å². The smallest absolute Gasteiger partial charge is 0.218 e. The molecule has 0 amide bonds. The first-order chi connectivity index (χ1) is 7.20. The van der Waals surface area contributed by atoms with Crippen LogP contribution in [0.15, 0.2) is 46.4 Å². The summed E-state index contributed by atoms with van der Waals surface area (Å²) in [5.41, 5.74) is 0.960. The van der Waals surface area contributed by atoms with E-state index in [9.17, 15) is 0 Å². The lowest BCUT2D eigenvalue weighted by atomic mass is 10.2. The average Bonchev–Trinajstić information content (AvgIpc) is 2.61. The third-order valence-corrected chi connectivity index (χ3v) is 3.05. The molecular weight excluding hydrogens is 274 g/mol. The highest BCUT2D eigenvalue weighted by atomic mass is 79.9. The lowest BCUT2D eigenvalue weighted by Crippen LogP contribution is -2.14. The average molecular weight is 284 g/mol. The van der Waals surface area contributed by atoms with Crippen LogP contribution in [0.25, 0.3) is 0 Å². The van der Waals surface area contributed by atoms with Crippen LogP contribution in [0.1, 0.15) is 5.56 Å². The molecule has 1 heterocycles. The Hall–Kier alpha value is -0.740. The summed E-state index contributed by atoms with van der Waals surface area (Å²) in [6.45, 7) is 3.68. The van der Waals surface area contributed by atoms with Gasteiger partial charge in [0, 0.05) is 10.0 Å². The predicted molar refractivity (Wildman–Crippen MR) is 68.5 cm³/mol. The van der Waals surface area contributed by atoms with Crippen molar-refractivity contribution in [3.63, 3.8) is 0 Å². The largest absolute Gasteiger partial charge is 0.467 e. The van der Waals surface area contributed by atoms with Gasteiger partial charge in [0.05, 0.1) is 0 Å². The highest BCUT2D eigenvalue weighted by Crippen LogP contribution is 2.22. The lowest BCUT2D eigenvalue weighted by molar-refractivity contribution is 0.268. The third-order valence-electron chi connectivity index (χ3n) is 2.11. The zero-order chi connectivity index (χ0) is 10.8. The van der Waals surface area contributed by atoms with Gasteiger partial charge in [0.25, 0.3) is 0 Å². The summed E-state index contributed by atoms with van der Waals surface area (Å²) in [5.74, 6) is 0.632. The molecule has 0 N–H and O–H groups in total. The molecule has 1 aliphatic heterocycles. The first kappa shape index (κ1) is 10.8. The van der Waals surface area contributed by atoms with Gasteiger partial charge >= 0.3 is 0 Å². The van der Waals surface area contributed by atoms with Crippen LogP contribution in [0.2, 0.25) is 0 Å². The molecule has 0 unspecified atom stereocenters. The van der Waals surface area contributed by atoms with E-state index in [1.165, 1.54) is 0 Å². The molecular formula is C11H10BrNOS. The molecule has 0 aliphatic carbocycles. The van der Waals surface area contributed by atoms with Crippen LogP contribution < -0.4 is 0 Å². The molecule has 1 aromatic rings. The molecule has 4 heteroatoms. The van der Waals surface area contributed by atoms with E-state index in [0.717, 1.165) is 10.0 Å². The normalized spacial score (nSPS) is 24.5. The van der Waals surface area contributed by atoms with Crippen LogP contribution in [-0.4, -0.2) is 17.4 Å². The molecule has 0 aromatic heterocycles. The van der Waals surface area contributed by atoms with E-state index in [1.807, 2.05) is 24.3 Å². The third kappa shape index (κ3) is 2.26. The van der Waals surface area contributed by atoms with Gasteiger partial charge in [0.1, 0.15) is 11.5 Å². The van der Waals surface area contributed by atoms with Crippen LogP contribution in [0, 0.1) is 0 Å². The zero-order valence-electron chi connectivity index (χ0n) is 7.93. The van der Waals surface area contributed by atoms with Crippen molar-refractivity contribution < 1.29 is 4.74 Å². The summed E-state index contributed by atoms with van der Waals surface area (Å²) in [6, 6.07) is 7.82. The number of thiol groups is 1. The Balaban J connectivity index is 2.23. The Morgan fingerprint density at radius 2 is 2.07 bits per heavy atom. The number of rotatable bonds is 2. The quantitative estimate of drug-likeness (QED) is 0.654. The Kier molecular flexibility index (Phi) is 3.17. The van der Waals surface area contributed by atoms with E-state index in [2.05, 4.69) is 40.1 Å². The molecule has 2 rings (SSSR count). The molecule has 1 aromatic carbocycles. The number of halogens is 1. The molecule has 0 saturated heterocycles. The fourth-order valence-electron chi connectivity index (χ4n) is 1.32. The minimum absolute atomic E-state index is 0.132. The van der Waals surface area contributed by atoms with E-state index >= 15 is 0 Å². The van der Waals surface area contributed by atoms with Gasteiger partial charge < -0.3 is 4.74 Å². The SMILES string of the molecule is C=C[C@@H]1OC(c2ccc(Br)cc2)=N[C@H]1S. The highest BCUT2D eigenvalue weighted by molar-refractivity contribution is 9.10. The molecule has 0 fully saturated rings. The van der Waals surface area contributed by atoms with Gasteiger partial charge in [-0.3, -0.25) is 0 Å². The van der Waals surface area contributed by atoms with Crippen LogP contribution in [0.3, 0.4) is 0 Å². The minimum Gasteiger partial charge on any atom is -0.467 e. The van der Waals surface area contributed by atoms with Crippen LogP contribution in [-0.2, 0) is 4.74 Å². The minimum atomic E-state index is -0.152. The van der Waals surface area contributed by atoms with Gasteiger partial charge in [-0.05, 0) is 30.3 Å². The number of ether oxygens (including phenoxy) is 1. The van der Waals surface area contributed by atoms with Crippen molar-refractivity contribution in [1.29, 1.82) is 0 Å². The second kappa shape index (κ2) is 4.41. The van der Waals surface area contributed by atoms with E-state index in [1.54, 1.807) is 6.08 Å². The molecule has 2 nitrogen and oxygen atoms in total. The first-order valence-corrected chi connectivity index (χ1v) is 5.82.